The van der Waals surface area contributed by atoms with Crippen LogP contribution >= 0.6 is 0 Å². The van der Waals surface area contributed by atoms with Gasteiger partial charge in [0.05, 0.1) is 0 Å². The maximum Gasteiger partial charge on any atom is 0.0450 e. The first-order valence-electron chi connectivity index (χ1n) is 7.36. The van der Waals surface area contributed by atoms with Crippen molar-refractivity contribution in [3.63, 3.8) is 0 Å². The van der Waals surface area contributed by atoms with Crippen LogP contribution in [-0.4, -0.2) is 30.6 Å². The van der Waals surface area contributed by atoms with Crippen LogP contribution in [0.1, 0.15) is 38.8 Å². The summed E-state index contributed by atoms with van der Waals surface area (Å²) < 4.78 is 0. The molecule has 0 aromatic heterocycles. The summed E-state index contributed by atoms with van der Waals surface area (Å²) in [6.07, 6.45) is 3.56. The van der Waals surface area contributed by atoms with Gasteiger partial charge in [0.25, 0.3) is 0 Å². The van der Waals surface area contributed by atoms with Crippen molar-refractivity contribution in [2.75, 3.05) is 19.6 Å². The van der Waals surface area contributed by atoms with Crippen LogP contribution in [0.15, 0.2) is 42.0 Å². The minimum absolute atomic E-state index is 0.467. The summed E-state index contributed by atoms with van der Waals surface area (Å²) in [5.74, 6) is 0. The largest absolute Gasteiger partial charge is 0.307 e. The van der Waals surface area contributed by atoms with Gasteiger partial charge in [-0.25, -0.2) is 0 Å². The zero-order valence-corrected chi connectivity index (χ0v) is 12.4. The van der Waals surface area contributed by atoms with E-state index >= 15 is 0 Å². The SMILES string of the molecule is CCC1CNC(c2ccccc2)CN1CC=C(C)C. The van der Waals surface area contributed by atoms with Crippen molar-refractivity contribution < 1.29 is 0 Å². The first kappa shape index (κ1) is 14.3. The Hall–Kier alpha value is -1.12. The summed E-state index contributed by atoms with van der Waals surface area (Å²) in [4.78, 5) is 2.61. The number of nitrogens with one attached hydrogen (secondary N) is 1. The molecule has 104 valence electrons. The van der Waals surface area contributed by atoms with Gasteiger partial charge in [0.1, 0.15) is 0 Å². The third-order valence-electron chi connectivity index (χ3n) is 3.94. The first-order chi connectivity index (χ1) is 9.20. The lowest BCUT2D eigenvalue weighted by Crippen LogP contribution is -2.52. The fourth-order valence-electron chi connectivity index (χ4n) is 2.69. The molecule has 1 heterocycles. The van der Waals surface area contributed by atoms with Gasteiger partial charge in [0.2, 0.25) is 0 Å². The van der Waals surface area contributed by atoms with Crippen LogP contribution in [0, 0.1) is 0 Å². The molecule has 0 bridgehead atoms. The molecule has 2 nitrogen and oxygen atoms in total. The van der Waals surface area contributed by atoms with Crippen molar-refractivity contribution in [2.45, 2.75) is 39.3 Å². The van der Waals surface area contributed by atoms with Crippen LogP contribution in [-0.2, 0) is 0 Å². The number of hydrogen-bond acceptors (Lipinski definition) is 2. The number of nitrogens with zero attached hydrogens (tertiary/aromatic N) is 1. The van der Waals surface area contributed by atoms with Gasteiger partial charge in [-0.1, -0.05) is 48.9 Å². The van der Waals surface area contributed by atoms with E-state index in [2.05, 4.69) is 67.4 Å². The number of rotatable bonds is 4. The smallest absolute Gasteiger partial charge is 0.0450 e. The molecule has 0 saturated carbocycles. The van der Waals surface area contributed by atoms with Gasteiger partial charge in [0, 0.05) is 31.7 Å². The quantitative estimate of drug-likeness (QED) is 0.833. The molecule has 2 unspecified atom stereocenters. The second-order valence-electron chi connectivity index (χ2n) is 5.67. The van der Waals surface area contributed by atoms with Gasteiger partial charge in [0.15, 0.2) is 0 Å². The van der Waals surface area contributed by atoms with Crippen LogP contribution in [0.3, 0.4) is 0 Å². The molecule has 2 rings (SSSR count). The normalized spacial score (nSPS) is 24.2. The van der Waals surface area contributed by atoms with Gasteiger partial charge in [-0.05, 0) is 25.8 Å². The van der Waals surface area contributed by atoms with Crippen LogP contribution < -0.4 is 5.32 Å². The summed E-state index contributed by atoms with van der Waals surface area (Å²) in [5.41, 5.74) is 2.81. The zero-order chi connectivity index (χ0) is 13.7. The lowest BCUT2D eigenvalue weighted by Gasteiger charge is -2.40. The second-order valence-corrected chi connectivity index (χ2v) is 5.67. The minimum Gasteiger partial charge on any atom is -0.307 e. The zero-order valence-electron chi connectivity index (χ0n) is 12.4. The Kier molecular flexibility index (Phi) is 5.17. The molecule has 1 saturated heterocycles. The van der Waals surface area contributed by atoms with Gasteiger partial charge in [-0.3, -0.25) is 4.90 Å². The van der Waals surface area contributed by atoms with E-state index in [1.54, 1.807) is 0 Å². The predicted molar refractivity (Wildman–Crippen MR) is 82.3 cm³/mol. The van der Waals surface area contributed by atoms with Crippen molar-refractivity contribution in [1.29, 1.82) is 0 Å². The topological polar surface area (TPSA) is 15.3 Å². The molecule has 0 radical (unpaired) electrons. The van der Waals surface area contributed by atoms with Gasteiger partial charge < -0.3 is 5.32 Å². The molecule has 19 heavy (non-hydrogen) atoms. The first-order valence-corrected chi connectivity index (χ1v) is 7.36. The molecule has 1 aromatic rings. The van der Waals surface area contributed by atoms with Crippen molar-refractivity contribution in [1.82, 2.24) is 10.2 Å². The average molecular weight is 258 g/mol. The number of allylic oxidation sites excluding steroid dienone is 1. The molecular weight excluding hydrogens is 232 g/mol. The Morgan fingerprint density at radius 2 is 2.05 bits per heavy atom. The lowest BCUT2D eigenvalue weighted by molar-refractivity contribution is 0.141. The van der Waals surface area contributed by atoms with Crippen molar-refractivity contribution in [2.24, 2.45) is 0 Å². The number of benzene rings is 1. The summed E-state index contributed by atoms with van der Waals surface area (Å²) >= 11 is 0. The fraction of sp³-hybridized carbons (Fsp3) is 0.529. The Morgan fingerprint density at radius 3 is 2.68 bits per heavy atom. The molecule has 0 aliphatic carbocycles. The molecule has 2 heteroatoms. The highest BCUT2D eigenvalue weighted by molar-refractivity contribution is 5.20. The van der Waals surface area contributed by atoms with E-state index in [0.717, 1.165) is 19.6 Å². The van der Waals surface area contributed by atoms with E-state index in [1.807, 2.05) is 0 Å². The Balaban J connectivity index is 2.05. The average Bonchev–Trinajstić information content (AvgIpc) is 2.45. The van der Waals surface area contributed by atoms with Crippen molar-refractivity contribution in [3.05, 3.63) is 47.5 Å². The maximum absolute atomic E-state index is 3.69. The molecule has 1 aliphatic rings. The maximum atomic E-state index is 3.69. The van der Waals surface area contributed by atoms with Crippen LogP contribution in [0.4, 0.5) is 0 Å². The summed E-state index contributed by atoms with van der Waals surface area (Å²) in [5, 5.41) is 3.69. The Labute approximate surface area is 117 Å². The van der Waals surface area contributed by atoms with Gasteiger partial charge in [-0.15, -0.1) is 0 Å². The van der Waals surface area contributed by atoms with Crippen LogP contribution in [0.2, 0.25) is 0 Å². The molecular formula is C17H26N2. The summed E-state index contributed by atoms with van der Waals surface area (Å²) in [7, 11) is 0. The van der Waals surface area contributed by atoms with Crippen molar-refractivity contribution >= 4 is 0 Å². The summed E-state index contributed by atoms with van der Waals surface area (Å²) in [6.45, 7) is 9.91. The molecule has 1 fully saturated rings. The van der Waals surface area contributed by atoms with E-state index < -0.39 is 0 Å². The molecule has 1 N–H and O–H groups in total. The third kappa shape index (κ3) is 3.92. The van der Waals surface area contributed by atoms with E-state index in [4.69, 9.17) is 0 Å². The van der Waals surface area contributed by atoms with E-state index in [0.29, 0.717) is 12.1 Å². The minimum atomic E-state index is 0.467. The van der Waals surface area contributed by atoms with Crippen LogP contribution in [0.25, 0.3) is 0 Å². The molecule has 0 amide bonds. The Bertz CT molecular complexity index is 407. The van der Waals surface area contributed by atoms with E-state index in [9.17, 15) is 0 Å². The van der Waals surface area contributed by atoms with Crippen molar-refractivity contribution in [3.8, 4) is 0 Å². The number of piperazine rings is 1. The van der Waals surface area contributed by atoms with Crippen LogP contribution in [0.5, 0.6) is 0 Å². The van der Waals surface area contributed by atoms with Gasteiger partial charge >= 0.3 is 0 Å². The standard InChI is InChI=1S/C17H26N2/c1-4-16-12-18-17(15-8-6-5-7-9-15)13-19(16)11-10-14(2)3/h5-10,16-18H,4,11-13H2,1-3H3. The molecule has 0 spiro atoms. The number of hydrogen-bond donors (Lipinski definition) is 1. The molecule has 1 aromatic carbocycles. The fourth-order valence-corrected chi connectivity index (χ4v) is 2.69. The highest BCUT2D eigenvalue weighted by Crippen LogP contribution is 2.21. The van der Waals surface area contributed by atoms with E-state index in [1.165, 1.54) is 17.6 Å². The molecule has 2 atom stereocenters. The predicted octanol–water partition coefficient (Wildman–Crippen LogP) is 3.38. The third-order valence-corrected chi connectivity index (χ3v) is 3.94. The monoisotopic (exact) mass is 258 g/mol. The molecule has 1 aliphatic heterocycles. The Morgan fingerprint density at radius 1 is 1.32 bits per heavy atom. The highest BCUT2D eigenvalue weighted by Gasteiger charge is 2.26. The van der Waals surface area contributed by atoms with Gasteiger partial charge in [-0.2, -0.15) is 0 Å². The second kappa shape index (κ2) is 6.88. The lowest BCUT2D eigenvalue weighted by atomic mass is 10.0. The summed E-state index contributed by atoms with van der Waals surface area (Å²) in [6, 6.07) is 11.9. The highest BCUT2D eigenvalue weighted by atomic mass is 15.2. The van der Waals surface area contributed by atoms with E-state index in [-0.39, 0.29) is 0 Å².